The van der Waals surface area contributed by atoms with E-state index in [4.69, 9.17) is 9.47 Å². The molecular formula is C15H23NO3. The summed E-state index contributed by atoms with van der Waals surface area (Å²) in [5.41, 5.74) is 1.15. The summed E-state index contributed by atoms with van der Waals surface area (Å²) in [6, 6.07) is 5.53. The maximum Gasteiger partial charge on any atom is 0.160 e. The van der Waals surface area contributed by atoms with Gasteiger partial charge >= 0.3 is 0 Å². The molecule has 0 aromatic heterocycles. The molecule has 0 bridgehead atoms. The standard InChI is InChI=1S/C15H23NO3/c1-3-16(11-13-5-4-8-19-13)10-12-6-7-14(17)15(9-12)18-2/h6-7,9,13,17H,3-5,8,10-11H2,1-2H3. The smallest absolute Gasteiger partial charge is 0.160 e. The molecule has 4 nitrogen and oxygen atoms in total. The molecular weight excluding hydrogens is 242 g/mol. The Morgan fingerprint density at radius 2 is 2.32 bits per heavy atom. The van der Waals surface area contributed by atoms with E-state index in [1.54, 1.807) is 13.2 Å². The molecule has 1 aliphatic rings. The first-order valence-corrected chi connectivity index (χ1v) is 6.92. The second kappa shape index (κ2) is 6.78. The zero-order valence-corrected chi connectivity index (χ0v) is 11.8. The molecule has 19 heavy (non-hydrogen) atoms. The molecule has 1 heterocycles. The maximum atomic E-state index is 9.60. The third kappa shape index (κ3) is 3.85. The van der Waals surface area contributed by atoms with Gasteiger partial charge in [-0.3, -0.25) is 4.90 Å². The molecule has 0 aliphatic carbocycles. The lowest BCUT2D eigenvalue weighted by Gasteiger charge is -2.24. The van der Waals surface area contributed by atoms with Crippen LogP contribution in [0.25, 0.3) is 0 Å². The highest BCUT2D eigenvalue weighted by molar-refractivity contribution is 5.41. The van der Waals surface area contributed by atoms with Crippen LogP contribution in [-0.2, 0) is 11.3 Å². The fraction of sp³-hybridized carbons (Fsp3) is 0.600. The van der Waals surface area contributed by atoms with Gasteiger partial charge in [-0.2, -0.15) is 0 Å². The fourth-order valence-corrected chi connectivity index (χ4v) is 2.46. The van der Waals surface area contributed by atoms with Crippen molar-refractivity contribution in [1.82, 2.24) is 4.90 Å². The van der Waals surface area contributed by atoms with Gasteiger partial charge in [0.25, 0.3) is 0 Å². The van der Waals surface area contributed by atoms with Gasteiger partial charge in [0, 0.05) is 19.7 Å². The summed E-state index contributed by atoms with van der Waals surface area (Å²) in [6.45, 7) is 5.87. The number of methoxy groups -OCH3 is 1. The molecule has 106 valence electrons. The lowest BCUT2D eigenvalue weighted by atomic mass is 10.1. The van der Waals surface area contributed by atoms with E-state index in [0.29, 0.717) is 11.9 Å². The van der Waals surface area contributed by atoms with Crippen LogP contribution in [0.1, 0.15) is 25.3 Å². The van der Waals surface area contributed by atoms with Crippen molar-refractivity contribution in [2.45, 2.75) is 32.4 Å². The molecule has 1 aliphatic heterocycles. The third-order valence-electron chi connectivity index (χ3n) is 3.58. The minimum absolute atomic E-state index is 0.188. The van der Waals surface area contributed by atoms with E-state index in [9.17, 15) is 5.11 Å². The Labute approximate surface area is 114 Å². The van der Waals surface area contributed by atoms with E-state index in [-0.39, 0.29) is 5.75 Å². The number of hydrogen-bond acceptors (Lipinski definition) is 4. The van der Waals surface area contributed by atoms with Crippen LogP contribution >= 0.6 is 0 Å². The largest absolute Gasteiger partial charge is 0.504 e. The Morgan fingerprint density at radius 3 is 2.95 bits per heavy atom. The molecule has 4 heteroatoms. The molecule has 2 rings (SSSR count). The second-order valence-electron chi connectivity index (χ2n) is 4.97. The van der Waals surface area contributed by atoms with Gasteiger partial charge in [-0.05, 0) is 37.1 Å². The number of rotatable bonds is 6. The fourth-order valence-electron chi connectivity index (χ4n) is 2.46. The van der Waals surface area contributed by atoms with Crippen molar-refractivity contribution in [3.63, 3.8) is 0 Å². The minimum atomic E-state index is 0.188. The van der Waals surface area contributed by atoms with E-state index in [1.807, 2.05) is 12.1 Å². The van der Waals surface area contributed by atoms with Gasteiger partial charge in [0.05, 0.1) is 13.2 Å². The summed E-state index contributed by atoms with van der Waals surface area (Å²) in [5.74, 6) is 0.721. The summed E-state index contributed by atoms with van der Waals surface area (Å²) in [5, 5.41) is 9.60. The molecule has 1 atom stereocenters. The van der Waals surface area contributed by atoms with Crippen LogP contribution in [0.3, 0.4) is 0 Å². The molecule has 0 spiro atoms. The Morgan fingerprint density at radius 1 is 1.47 bits per heavy atom. The first-order chi connectivity index (χ1) is 9.22. The van der Waals surface area contributed by atoms with Gasteiger partial charge in [0.2, 0.25) is 0 Å². The van der Waals surface area contributed by atoms with E-state index >= 15 is 0 Å². The van der Waals surface area contributed by atoms with Crippen molar-refractivity contribution in [3.8, 4) is 11.5 Å². The zero-order valence-electron chi connectivity index (χ0n) is 11.8. The van der Waals surface area contributed by atoms with Gasteiger partial charge in [0.15, 0.2) is 11.5 Å². The molecule has 1 saturated heterocycles. The van der Waals surface area contributed by atoms with Crippen LogP contribution in [0.15, 0.2) is 18.2 Å². The van der Waals surface area contributed by atoms with Crippen molar-refractivity contribution in [3.05, 3.63) is 23.8 Å². The summed E-state index contributed by atoms with van der Waals surface area (Å²) < 4.78 is 10.8. The Bertz CT molecular complexity index is 402. The topological polar surface area (TPSA) is 41.9 Å². The Kier molecular flexibility index (Phi) is 5.05. The Balaban J connectivity index is 1.96. The minimum Gasteiger partial charge on any atom is -0.504 e. The molecule has 0 radical (unpaired) electrons. The van der Waals surface area contributed by atoms with Gasteiger partial charge in [0.1, 0.15) is 0 Å². The van der Waals surface area contributed by atoms with Crippen LogP contribution in [-0.4, -0.2) is 42.9 Å². The first kappa shape index (κ1) is 14.2. The van der Waals surface area contributed by atoms with Crippen molar-refractivity contribution < 1.29 is 14.6 Å². The second-order valence-corrected chi connectivity index (χ2v) is 4.97. The highest BCUT2D eigenvalue weighted by atomic mass is 16.5. The predicted octanol–water partition coefficient (Wildman–Crippen LogP) is 2.40. The first-order valence-electron chi connectivity index (χ1n) is 6.92. The summed E-state index contributed by atoms with van der Waals surface area (Å²) in [6.07, 6.45) is 2.71. The third-order valence-corrected chi connectivity index (χ3v) is 3.58. The molecule has 1 unspecified atom stereocenters. The molecule has 0 saturated carbocycles. The Hall–Kier alpha value is -1.26. The number of nitrogens with zero attached hydrogens (tertiary/aromatic N) is 1. The average Bonchev–Trinajstić information content (AvgIpc) is 2.93. The van der Waals surface area contributed by atoms with Crippen molar-refractivity contribution >= 4 is 0 Å². The van der Waals surface area contributed by atoms with Gasteiger partial charge in [-0.1, -0.05) is 13.0 Å². The molecule has 1 fully saturated rings. The summed E-state index contributed by atoms with van der Waals surface area (Å²) in [7, 11) is 1.57. The number of aromatic hydroxyl groups is 1. The number of phenolic OH excluding ortho intramolecular Hbond substituents is 1. The van der Waals surface area contributed by atoms with E-state index in [0.717, 1.165) is 38.2 Å². The number of benzene rings is 1. The van der Waals surface area contributed by atoms with E-state index < -0.39 is 0 Å². The van der Waals surface area contributed by atoms with E-state index in [2.05, 4.69) is 11.8 Å². The number of hydrogen-bond donors (Lipinski definition) is 1. The van der Waals surface area contributed by atoms with Gasteiger partial charge in [-0.15, -0.1) is 0 Å². The van der Waals surface area contributed by atoms with Crippen molar-refractivity contribution in [2.24, 2.45) is 0 Å². The predicted molar refractivity (Wildman–Crippen MR) is 74.6 cm³/mol. The number of ether oxygens (including phenoxy) is 2. The van der Waals surface area contributed by atoms with Crippen LogP contribution in [0.2, 0.25) is 0 Å². The molecule has 1 aromatic rings. The van der Waals surface area contributed by atoms with Crippen LogP contribution < -0.4 is 4.74 Å². The van der Waals surface area contributed by atoms with Crippen molar-refractivity contribution in [2.75, 3.05) is 26.8 Å². The maximum absolute atomic E-state index is 9.60. The monoisotopic (exact) mass is 265 g/mol. The zero-order chi connectivity index (χ0) is 13.7. The van der Waals surface area contributed by atoms with Crippen LogP contribution in [0.4, 0.5) is 0 Å². The van der Waals surface area contributed by atoms with Crippen molar-refractivity contribution in [1.29, 1.82) is 0 Å². The van der Waals surface area contributed by atoms with E-state index in [1.165, 1.54) is 6.42 Å². The molecule has 0 amide bonds. The molecule has 1 N–H and O–H groups in total. The van der Waals surface area contributed by atoms with Gasteiger partial charge in [-0.25, -0.2) is 0 Å². The SMILES string of the molecule is CCN(Cc1ccc(O)c(OC)c1)CC1CCCO1. The summed E-state index contributed by atoms with van der Waals surface area (Å²) in [4.78, 5) is 2.36. The lowest BCUT2D eigenvalue weighted by molar-refractivity contribution is 0.0724. The summed E-state index contributed by atoms with van der Waals surface area (Å²) >= 11 is 0. The highest BCUT2D eigenvalue weighted by Gasteiger charge is 2.18. The quantitative estimate of drug-likeness (QED) is 0.857. The van der Waals surface area contributed by atoms with Gasteiger partial charge < -0.3 is 14.6 Å². The normalized spacial score (nSPS) is 19.0. The molecule has 1 aromatic carbocycles. The lowest BCUT2D eigenvalue weighted by Crippen LogP contribution is -2.31. The highest BCUT2D eigenvalue weighted by Crippen LogP contribution is 2.27. The average molecular weight is 265 g/mol. The van der Waals surface area contributed by atoms with Crippen LogP contribution in [0.5, 0.6) is 11.5 Å². The number of likely N-dealkylation sites (N-methyl/N-ethyl adjacent to an activating group) is 1. The van der Waals surface area contributed by atoms with Crippen LogP contribution in [0, 0.1) is 0 Å². The number of phenols is 1.